The number of carbonyl (C=O) groups excluding carboxylic acids is 1. The van der Waals surface area contributed by atoms with Crippen LogP contribution in [0.3, 0.4) is 0 Å². The Labute approximate surface area is 133 Å². The van der Waals surface area contributed by atoms with Crippen LogP contribution in [0.1, 0.15) is 24.2 Å². The maximum atomic E-state index is 11.8. The Kier molecular flexibility index (Phi) is 3.50. The minimum absolute atomic E-state index is 0.0516. The van der Waals surface area contributed by atoms with Crippen molar-refractivity contribution in [1.29, 1.82) is 0 Å². The fourth-order valence-corrected chi connectivity index (χ4v) is 2.49. The third-order valence-corrected chi connectivity index (χ3v) is 3.89. The zero-order valence-electron chi connectivity index (χ0n) is 12.5. The molecule has 0 spiro atoms. The van der Waals surface area contributed by atoms with Crippen molar-refractivity contribution in [3.63, 3.8) is 0 Å². The van der Waals surface area contributed by atoms with E-state index in [0.29, 0.717) is 17.9 Å². The number of benzene rings is 1. The number of esters is 1. The number of ether oxygens (including phenoxy) is 1. The van der Waals surface area contributed by atoms with Crippen LogP contribution in [0.4, 0.5) is 0 Å². The van der Waals surface area contributed by atoms with E-state index in [1.807, 2.05) is 24.3 Å². The van der Waals surface area contributed by atoms with Gasteiger partial charge in [-0.2, -0.15) is 0 Å². The summed E-state index contributed by atoms with van der Waals surface area (Å²) >= 11 is 0. The molecule has 116 valence electrons. The van der Waals surface area contributed by atoms with E-state index in [0.717, 1.165) is 24.2 Å². The molecule has 23 heavy (non-hydrogen) atoms. The van der Waals surface area contributed by atoms with Crippen LogP contribution in [-0.4, -0.2) is 5.97 Å². The van der Waals surface area contributed by atoms with Gasteiger partial charge in [0.1, 0.15) is 12.0 Å². The van der Waals surface area contributed by atoms with E-state index in [4.69, 9.17) is 13.6 Å². The second-order valence-corrected chi connectivity index (χ2v) is 5.77. The number of furan rings is 2. The lowest BCUT2D eigenvalue weighted by atomic mass is 10.1. The average molecular weight is 308 g/mol. The minimum atomic E-state index is -0.180. The predicted molar refractivity (Wildman–Crippen MR) is 84.0 cm³/mol. The molecule has 1 saturated carbocycles. The van der Waals surface area contributed by atoms with Gasteiger partial charge in [0.25, 0.3) is 0 Å². The summed E-state index contributed by atoms with van der Waals surface area (Å²) in [5, 5.41) is 0. The van der Waals surface area contributed by atoms with Crippen molar-refractivity contribution < 1.29 is 18.4 Å². The van der Waals surface area contributed by atoms with Gasteiger partial charge in [0.05, 0.1) is 17.7 Å². The highest BCUT2D eigenvalue weighted by Gasteiger charge is 2.32. The minimum Gasteiger partial charge on any atom is -0.468 e. The van der Waals surface area contributed by atoms with Gasteiger partial charge in [0.2, 0.25) is 0 Å². The maximum absolute atomic E-state index is 11.8. The molecule has 4 rings (SSSR count). The molecular weight excluding hydrogens is 292 g/mol. The largest absolute Gasteiger partial charge is 0.468 e. The molecule has 0 unspecified atom stereocenters. The lowest BCUT2D eigenvalue weighted by molar-refractivity contribution is -0.135. The Morgan fingerprint density at radius 3 is 2.74 bits per heavy atom. The van der Waals surface area contributed by atoms with E-state index >= 15 is 0 Å². The Morgan fingerprint density at radius 1 is 1.13 bits per heavy atom. The van der Waals surface area contributed by atoms with E-state index in [1.54, 1.807) is 12.3 Å². The standard InChI is InChI=1S/C19H16O4/c20-19(14-6-7-14)23-17-8-9-21-18(17)15-11-16(22-12-15)10-13-4-2-1-3-5-13/h1-5,8-9,11-12,14H,6-7,10H2. The first kappa shape index (κ1) is 13.9. The molecule has 1 aliphatic rings. The average Bonchev–Trinajstić information content (AvgIpc) is 3.17. The second-order valence-electron chi connectivity index (χ2n) is 5.77. The van der Waals surface area contributed by atoms with Gasteiger partial charge < -0.3 is 13.6 Å². The van der Waals surface area contributed by atoms with Crippen molar-refractivity contribution in [3.8, 4) is 17.1 Å². The number of carbonyl (C=O) groups is 1. The zero-order chi connectivity index (χ0) is 15.6. The molecule has 1 aliphatic carbocycles. The van der Waals surface area contributed by atoms with Crippen LogP contribution in [0.5, 0.6) is 5.75 Å². The van der Waals surface area contributed by atoms with Crippen molar-refractivity contribution in [2.45, 2.75) is 19.3 Å². The second kappa shape index (κ2) is 5.80. The first-order chi connectivity index (χ1) is 11.3. The van der Waals surface area contributed by atoms with Crippen molar-refractivity contribution in [2.24, 2.45) is 5.92 Å². The summed E-state index contributed by atoms with van der Waals surface area (Å²) in [6.07, 6.45) is 5.69. The van der Waals surface area contributed by atoms with Crippen LogP contribution in [-0.2, 0) is 11.2 Å². The molecule has 0 bridgehead atoms. The lowest BCUT2D eigenvalue weighted by Crippen LogP contribution is -2.09. The third kappa shape index (κ3) is 3.06. The monoisotopic (exact) mass is 308 g/mol. The van der Waals surface area contributed by atoms with E-state index < -0.39 is 0 Å². The van der Waals surface area contributed by atoms with Gasteiger partial charge in [0, 0.05) is 12.5 Å². The van der Waals surface area contributed by atoms with Crippen LogP contribution in [0.25, 0.3) is 11.3 Å². The molecule has 0 aliphatic heterocycles. The highest BCUT2D eigenvalue weighted by Crippen LogP contribution is 2.36. The Hall–Kier alpha value is -2.75. The van der Waals surface area contributed by atoms with E-state index in [-0.39, 0.29) is 11.9 Å². The molecule has 2 heterocycles. The topological polar surface area (TPSA) is 52.6 Å². The molecule has 2 aromatic heterocycles. The number of hydrogen-bond donors (Lipinski definition) is 0. The summed E-state index contributed by atoms with van der Waals surface area (Å²) in [6.45, 7) is 0. The lowest BCUT2D eigenvalue weighted by Gasteiger charge is -2.01. The molecule has 0 N–H and O–H groups in total. The van der Waals surface area contributed by atoms with Gasteiger partial charge in [-0.1, -0.05) is 30.3 Å². The fraction of sp³-hybridized carbons (Fsp3) is 0.211. The normalized spacial score (nSPS) is 13.9. The Morgan fingerprint density at radius 2 is 1.96 bits per heavy atom. The Bertz CT molecular complexity index is 809. The van der Waals surface area contributed by atoms with Crippen molar-refractivity contribution in [2.75, 3.05) is 0 Å². The summed E-state index contributed by atoms with van der Waals surface area (Å²) in [6, 6.07) is 13.7. The van der Waals surface area contributed by atoms with Gasteiger partial charge in [-0.3, -0.25) is 4.79 Å². The summed E-state index contributed by atoms with van der Waals surface area (Å²) in [5.74, 6) is 1.69. The molecule has 4 heteroatoms. The van der Waals surface area contributed by atoms with Gasteiger partial charge in [-0.05, 0) is 24.5 Å². The summed E-state index contributed by atoms with van der Waals surface area (Å²) in [5.41, 5.74) is 1.95. The smallest absolute Gasteiger partial charge is 0.314 e. The summed E-state index contributed by atoms with van der Waals surface area (Å²) in [7, 11) is 0. The molecule has 0 amide bonds. The van der Waals surface area contributed by atoms with E-state index in [1.165, 1.54) is 11.8 Å². The highest BCUT2D eigenvalue weighted by molar-refractivity contribution is 5.79. The highest BCUT2D eigenvalue weighted by atomic mass is 16.5. The van der Waals surface area contributed by atoms with Gasteiger partial charge >= 0.3 is 5.97 Å². The van der Waals surface area contributed by atoms with Crippen LogP contribution >= 0.6 is 0 Å². The van der Waals surface area contributed by atoms with Gasteiger partial charge in [-0.15, -0.1) is 0 Å². The van der Waals surface area contributed by atoms with Gasteiger partial charge in [0.15, 0.2) is 11.5 Å². The Balaban J connectivity index is 1.52. The third-order valence-electron chi connectivity index (χ3n) is 3.89. The molecule has 3 aromatic rings. The zero-order valence-corrected chi connectivity index (χ0v) is 12.5. The molecule has 0 radical (unpaired) electrons. The molecule has 0 saturated heterocycles. The van der Waals surface area contributed by atoms with E-state index in [2.05, 4.69) is 12.1 Å². The van der Waals surface area contributed by atoms with Gasteiger partial charge in [-0.25, -0.2) is 0 Å². The van der Waals surface area contributed by atoms with Crippen LogP contribution < -0.4 is 4.74 Å². The molecule has 4 nitrogen and oxygen atoms in total. The molecule has 1 aromatic carbocycles. The van der Waals surface area contributed by atoms with Crippen LogP contribution in [0.2, 0.25) is 0 Å². The first-order valence-electron chi connectivity index (χ1n) is 7.70. The molecule has 0 atom stereocenters. The molecule has 1 fully saturated rings. The van der Waals surface area contributed by atoms with Crippen LogP contribution in [0, 0.1) is 5.92 Å². The summed E-state index contributed by atoms with van der Waals surface area (Å²) < 4.78 is 16.5. The molecular formula is C19H16O4. The van der Waals surface area contributed by atoms with Crippen molar-refractivity contribution in [3.05, 3.63) is 66.3 Å². The predicted octanol–water partition coefficient (Wildman–Crippen LogP) is 4.45. The number of rotatable bonds is 5. The van der Waals surface area contributed by atoms with Crippen molar-refractivity contribution in [1.82, 2.24) is 0 Å². The number of hydrogen-bond acceptors (Lipinski definition) is 4. The van der Waals surface area contributed by atoms with Crippen LogP contribution in [0.15, 0.2) is 63.8 Å². The quantitative estimate of drug-likeness (QED) is 0.654. The van der Waals surface area contributed by atoms with E-state index in [9.17, 15) is 4.79 Å². The fourth-order valence-electron chi connectivity index (χ4n) is 2.49. The van der Waals surface area contributed by atoms with Crippen molar-refractivity contribution >= 4 is 5.97 Å². The summed E-state index contributed by atoms with van der Waals surface area (Å²) in [4.78, 5) is 11.8. The maximum Gasteiger partial charge on any atom is 0.314 e. The SMILES string of the molecule is O=C(Oc1ccoc1-c1coc(Cc2ccccc2)c1)C1CC1. The first-order valence-corrected chi connectivity index (χ1v) is 7.70.